The van der Waals surface area contributed by atoms with Crippen LogP contribution in [0.2, 0.25) is 0 Å². The number of hydrogen-bond acceptors (Lipinski definition) is 6. The molecule has 0 aromatic heterocycles. The smallest absolute Gasteiger partial charge is 0.241 e. The summed E-state index contributed by atoms with van der Waals surface area (Å²) in [5, 5.41) is 2.77. The van der Waals surface area contributed by atoms with Gasteiger partial charge in [0.15, 0.2) is 9.84 Å². The van der Waals surface area contributed by atoms with Crippen LogP contribution in [0.15, 0.2) is 57.2 Å². The Hall–Kier alpha value is -1.88. The Labute approximate surface area is 182 Å². The molecule has 2 aromatic carbocycles. The summed E-state index contributed by atoms with van der Waals surface area (Å²) in [6.07, 6.45) is 2.96. The second-order valence-electron chi connectivity index (χ2n) is 7.19. The molecule has 7 nitrogen and oxygen atoms in total. The molecule has 0 fully saturated rings. The van der Waals surface area contributed by atoms with Gasteiger partial charge in [0.2, 0.25) is 15.9 Å². The monoisotopic (exact) mass is 470 g/mol. The predicted molar refractivity (Wildman–Crippen MR) is 120 cm³/mol. The van der Waals surface area contributed by atoms with Crippen molar-refractivity contribution in [3.8, 4) is 0 Å². The van der Waals surface area contributed by atoms with Crippen molar-refractivity contribution in [2.45, 2.75) is 41.5 Å². The normalized spacial score (nSPS) is 13.3. The van der Waals surface area contributed by atoms with Crippen LogP contribution in [0, 0.1) is 5.92 Å². The van der Waals surface area contributed by atoms with Crippen LogP contribution in [0.25, 0.3) is 0 Å². The molecule has 2 aromatic rings. The topological polar surface area (TPSA) is 109 Å². The molecule has 30 heavy (non-hydrogen) atoms. The number of sulfonamides is 1. The average Bonchev–Trinajstić information content (AvgIpc) is 2.66. The molecule has 0 radical (unpaired) electrons. The summed E-state index contributed by atoms with van der Waals surface area (Å²) < 4.78 is 51.5. The van der Waals surface area contributed by atoms with Gasteiger partial charge in [0, 0.05) is 23.1 Å². The van der Waals surface area contributed by atoms with Crippen molar-refractivity contribution in [2.24, 2.45) is 5.92 Å². The summed E-state index contributed by atoms with van der Waals surface area (Å²) >= 11 is 1.40. The van der Waals surface area contributed by atoms with Gasteiger partial charge in [0.05, 0.1) is 15.5 Å². The Bertz CT molecular complexity index is 1130. The standard InChI is InChI=1S/C20H26N2O5S3/c1-13(2)20(23)21-18-12-17(10-11-19(18)28-4)30(26,27)22-14(3)15-6-8-16(9-7-15)29(5,24)25/h6-14,22H,1-5H3,(H,21,23)/t14-/m0/s1. The first-order chi connectivity index (χ1) is 13.8. The van der Waals surface area contributed by atoms with Gasteiger partial charge in [-0.2, -0.15) is 0 Å². The average molecular weight is 471 g/mol. The van der Waals surface area contributed by atoms with Crippen LogP contribution in [0.4, 0.5) is 5.69 Å². The van der Waals surface area contributed by atoms with E-state index in [1.165, 1.54) is 36.0 Å². The zero-order chi connectivity index (χ0) is 22.7. The summed E-state index contributed by atoms with van der Waals surface area (Å²) in [4.78, 5) is 13.0. The molecule has 2 rings (SSSR count). The highest BCUT2D eigenvalue weighted by atomic mass is 32.2. The number of anilines is 1. The van der Waals surface area contributed by atoms with Crippen LogP contribution in [-0.4, -0.2) is 35.3 Å². The lowest BCUT2D eigenvalue weighted by Crippen LogP contribution is -2.27. The first-order valence-corrected chi connectivity index (χ1v) is 13.8. The van der Waals surface area contributed by atoms with E-state index in [1.807, 2.05) is 6.26 Å². The predicted octanol–water partition coefficient (Wildman–Crippen LogP) is 3.45. The van der Waals surface area contributed by atoms with E-state index in [-0.39, 0.29) is 21.6 Å². The fourth-order valence-corrected chi connectivity index (χ4v) is 5.02. The van der Waals surface area contributed by atoms with Gasteiger partial charge >= 0.3 is 0 Å². The molecule has 164 valence electrons. The Morgan fingerprint density at radius 3 is 2.00 bits per heavy atom. The minimum absolute atomic E-state index is 0.0268. The number of rotatable bonds is 8. The van der Waals surface area contributed by atoms with Crippen LogP contribution in [0.5, 0.6) is 0 Å². The SMILES string of the molecule is CSc1ccc(S(=O)(=O)N[C@@H](C)c2ccc(S(C)(=O)=O)cc2)cc1NC(=O)C(C)C. The van der Waals surface area contributed by atoms with Gasteiger partial charge in [-0.15, -0.1) is 11.8 Å². The molecular formula is C20H26N2O5S3. The number of carbonyl (C=O) groups is 1. The van der Waals surface area contributed by atoms with Crippen LogP contribution < -0.4 is 10.0 Å². The van der Waals surface area contributed by atoms with Gasteiger partial charge in [-0.1, -0.05) is 26.0 Å². The molecule has 0 aliphatic rings. The lowest BCUT2D eigenvalue weighted by Gasteiger charge is -2.17. The third-order valence-corrected chi connectivity index (χ3v) is 7.87. The molecule has 2 N–H and O–H groups in total. The van der Waals surface area contributed by atoms with Crippen molar-refractivity contribution in [1.29, 1.82) is 0 Å². The van der Waals surface area contributed by atoms with Gasteiger partial charge in [-0.3, -0.25) is 4.79 Å². The second-order valence-corrected chi connectivity index (χ2v) is 11.8. The van der Waals surface area contributed by atoms with Crippen molar-refractivity contribution < 1.29 is 21.6 Å². The quantitative estimate of drug-likeness (QED) is 0.572. The van der Waals surface area contributed by atoms with Gasteiger partial charge in [0.25, 0.3) is 0 Å². The lowest BCUT2D eigenvalue weighted by atomic mass is 10.1. The molecule has 0 saturated carbocycles. The number of hydrogen-bond donors (Lipinski definition) is 2. The van der Waals surface area contributed by atoms with Crippen molar-refractivity contribution in [3.63, 3.8) is 0 Å². The van der Waals surface area contributed by atoms with E-state index < -0.39 is 25.9 Å². The van der Waals surface area contributed by atoms with E-state index in [0.29, 0.717) is 11.3 Å². The van der Waals surface area contributed by atoms with E-state index in [2.05, 4.69) is 10.0 Å². The highest BCUT2D eigenvalue weighted by Gasteiger charge is 2.21. The number of sulfone groups is 1. The number of amides is 1. The van der Waals surface area contributed by atoms with E-state index in [0.717, 1.165) is 11.2 Å². The number of benzene rings is 2. The van der Waals surface area contributed by atoms with Crippen molar-refractivity contribution in [1.82, 2.24) is 4.72 Å². The Morgan fingerprint density at radius 2 is 1.50 bits per heavy atom. The highest BCUT2D eigenvalue weighted by Crippen LogP contribution is 2.29. The first kappa shape index (κ1) is 24.4. The third-order valence-electron chi connectivity index (χ3n) is 4.40. The Balaban J connectivity index is 2.29. The molecule has 0 aliphatic heterocycles. The summed E-state index contributed by atoms with van der Waals surface area (Å²) in [6.45, 7) is 5.19. The fraction of sp³-hybridized carbons (Fsp3) is 0.350. The van der Waals surface area contributed by atoms with E-state index in [4.69, 9.17) is 0 Å². The summed E-state index contributed by atoms with van der Waals surface area (Å²) in [7, 11) is -7.20. The van der Waals surface area contributed by atoms with Gasteiger partial charge in [-0.25, -0.2) is 21.6 Å². The second kappa shape index (κ2) is 9.51. The van der Waals surface area contributed by atoms with E-state index >= 15 is 0 Å². The third kappa shape index (κ3) is 6.07. The molecule has 1 atom stereocenters. The summed E-state index contributed by atoms with van der Waals surface area (Å²) in [5.74, 6) is -0.444. The largest absolute Gasteiger partial charge is 0.325 e. The molecule has 0 spiro atoms. The minimum Gasteiger partial charge on any atom is -0.325 e. The van der Waals surface area contributed by atoms with Crippen molar-refractivity contribution in [2.75, 3.05) is 17.8 Å². The molecule has 0 aliphatic carbocycles. The minimum atomic E-state index is -3.88. The molecule has 0 bridgehead atoms. The fourth-order valence-electron chi connectivity index (χ4n) is 2.60. The van der Waals surface area contributed by atoms with Crippen LogP contribution in [-0.2, 0) is 24.7 Å². The number of carbonyl (C=O) groups excluding carboxylic acids is 1. The number of thioether (sulfide) groups is 1. The molecule has 0 saturated heterocycles. The molecule has 10 heteroatoms. The Kier molecular flexibility index (Phi) is 7.73. The first-order valence-electron chi connectivity index (χ1n) is 9.16. The maximum Gasteiger partial charge on any atom is 0.241 e. The van der Waals surface area contributed by atoms with E-state index in [9.17, 15) is 21.6 Å². The maximum absolute atomic E-state index is 12.9. The van der Waals surface area contributed by atoms with Gasteiger partial charge in [-0.05, 0) is 49.1 Å². The van der Waals surface area contributed by atoms with Crippen LogP contribution in [0.3, 0.4) is 0 Å². The lowest BCUT2D eigenvalue weighted by molar-refractivity contribution is -0.118. The van der Waals surface area contributed by atoms with Crippen molar-refractivity contribution >= 4 is 43.2 Å². The zero-order valence-corrected chi connectivity index (χ0v) is 19.9. The number of nitrogens with one attached hydrogen (secondary N) is 2. The summed E-state index contributed by atoms with van der Waals surface area (Å²) in [5.41, 5.74) is 1.06. The van der Waals surface area contributed by atoms with Gasteiger partial charge < -0.3 is 5.32 Å². The van der Waals surface area contributed by atoms with Crippen molar-refractivity contribution in [3.05, 3.63) is 48.0 Å². The molecule has 1 amide bonds. The molecule has 0 unspecified atom stereocenters. The highest BCUT2D eigenvalue weighted by molar-refractivity contribution is 7.98. The molecular weight excluding hydrogens is 444 g/mol. The summed E-state index contributed by atoms with van der Waals surface area (Å²) in [6, 6.07) is 10.0. The van der Waals surface area contributed by atoms with Crippen LogP contribution >= 0.6 is 11.8 Å². The maximum atomic E-state index is 12.9. The van der Waals surface area contributed by atoms with Crippen LogP contribution in [0.1, 0.15) is 32.4 Å². The molecule has 0 heterocycles. The Morgan fingerprint density at radius 1 is 0.933 bits per heavy atom. The zero-order valence-electron chi connectivity index (χ0n) is 17.5. The van der Waals surface area contributed by atoms with E-state index in [1.54, 1.807) is 39.0 Å². The van der Waals surface area contributed by atoms with Gasteiger partial charge in [0.1, 0.15) is 0 Å².